The summed E-state index contributed by atoms with van der Waals surface area (Å²) in [5.41, 5.74) is 1.00. The number of aliphatic hydroxyl groups excluding tert-OH is 1. The molecule has 0 bridgehead atoms. The zero-order chi connectivity index (χ0) is 12.6. The van der Waals surface area contributed by atoms with Crippen LogP contribution in [0.3, 0.4) is 0 Å². The smallest absolute Gasteiger partial charge is 0.0914 e. The van der Waals surface area contributed by atoms with Crippen molar-refractivity contribution in [3.63, 3.8) is 0 Å². The minimum absolute atomic E-state index is 0.377. The molecule has 0 radical (unpaired) electrons. The molecule has 1 fully saturated rings. The van der Waals surface area contributed by atoms with Crippen molar-refractivity contribution in [1.29, 1.82) is 0 Å². The Morgan fingerprint density at radius 2 is 1.83 bits per heavy atom. The minimum atomic E-state index is -0.377. The summed E-state index contributed by atoms with van der Waals surface area (Å²) in [7, 11) is 0. The lowest BCUT2D eigenvalue weighted by atomic mass is 9.87. The first-order valence-electron chi connectivity index (χ1n) is 7.30. The van der Waals surface area contributed by atoms with Crippen molar-refractivity contribution in [2.45, 2.75) is 44.6 Å². The first kappa shape index (κ1) is 13.6. The summed E-state index contributed by atoms with van der Waals surface area (Å²) >= 11 is 0. The van der Waals surface area contributed by atoms with Gasteiger partial charge in [0.05, 0.1) is 6.10 Å². The molecule has 0 aliphatic heterocycles. The van der Waals surface area contributed by atoms with Crippen molar-refractivity contribution in [1.82, 2.24) is 5.32 Å². The molecule has 1 atom stereocenters. The Morgan fingerprint density at radius 1 is 1.11 bits per heavy atom. The Labute approximate surface area is 110 Å². The fourth-order valence-electron chi connectivity index (χ4n) is 2.81. The van der Waals surface area contributed by atoms with Gasteiger partial charge in [-0.15, -0.1) is 0 Å². The zero-order valence-corrected chi connectivity index (χ0v) is 11.1. The Kier molecular flexibility index (Phi) is 5.69. The second-order valence-electron chi connectivity index (χ2n) is 5.42. The predicted octanol–water partition coefficient (Wildman–Crippen LogP) is 3.28. The average molecular weight is 247 g/mol. The highest BCUT2D eigenvalue weighted by atomic mass is 16.3. The molecule has 1 aromatic carbocycles. The molecule has 2 heteroatoms. The van der Waals surface area contributed by atoms with Crippen LogP contribution in [0.25, 0.3) is 0 Å². The van der Waals surface area contributed by atoms with Gasteiger partial charge < -0.3 is 10.4 Å². The zero-order valence-electron chi connectivity index (χ0n) is 11.1. The van der Waals surface area contributed by atoms with Gasteiger partial charge in [-0.25, -0.2) is 0 Å². The summed E-state index contributed by atoms with van der Waals surface area (Å²) in [5, 5.41) is 13.4. The van der Waals surface area contributed by atoms with E-state index in [2.05, 4.69) is 5.32 Å². The molecule has 2 rings (SSSR count). The molecule has 1 unspecified atom stereocenters. The lowest BCUT2D eigenvalue weighted by Gasteiger charge is -2.21. The molecular weight excluding hydrogens is 222 g/mol. The van der Waals surface area contributed by atoms with E-state index in [-0.39, 0.29) is 6.10 Å². The van der Waals surface area contributed by atoms with E-state index in [4.69, 9.17) is 0 Å². The van der Waals surface area contributed by atoms with Gasteiger partial charge in [-0.3, -0.25) is 0 Å². The van der Waals surface area contributed by atoms with E-state index in [1.165, 1.54) is 38.5 Å². The molecule has 1 aliphatic rings. The lowest BCUT2D eigenvalue weighted by Crippen LogP contribution is -2.24. The largest absolute Gasteiger partial charge is 0.387 e. The van der Waals surface area contributed by atoms with Crippen molar-refractivity contribution >= 4 is 0 Å². The Morgan fingerprint density at radius 3 is 2.56 bits per heavy atom. The molecule has 2 N–H and O–H groups in total. The third-order valence-corrected chi connectivity index (χ3v) is 3.98. The molecule has 1 saturated carbocycles. The molecule has 1 aromatic rings. The Bertz CT molecular complexity index is 319. The van der Waals surface area contributed by atoms with Crippen LogP contribution in [0.1, 0.15) is 50.2 Å². The number of nitrogens with one attached hydrogen (secondary N) is 1. The second-order valence-corrected chi connectivity index (χ2v) is 5.42. The highest BCUT2D eigenvalue weighted by Crippen LogP contribution is 2.25. The van der Waals surface area contributed by atoms with E-state index in [0.717, 1.165) is 18.0 Å². The number of hydrogen-bond acceptors (Lipinski definition) is 2. The van der Waals surface area contributed by atoms with E-state index >= 15 is 0 Å². The SMILES string of the molecule is OC(CNCCC1CCCCC1)c1ccccc1. The monoisotopic (exact) mass is 247 g/mol. The molecule has 0 heterocycles. The van der Waals surface area contributed by atoms with Crippen molar-refractivity contribution in [3.8, 4) is 0 Å². The van der Waals surface area contributed by atoms with E-state index in [1.807, 2.05) is 30.3 Å². The number of hydrogen-bond donors (Lipinski definition) is 2. The molecule has 100 valence electrons. The van der Waals surface area contributed by atoms with Gasteiger partial charge in [0.1, 0.15) is 0 Å². The maximum absolute atomic E-state index is 9.99. The highest BCUT2D eigenvalue weighted by molar-refractivity contribution is 5.17. The van der Waals surface area contributed by atoms with Crippen molar-refractivity contribution in [2.24, 2.45) is 5.92 Å². The summed E-state index contributed by atoms with van der Waals surface area (Å²) in [5.74, 6) is 0.917. The number of benzene rings is 1. The first-order valence-corrected chi connectivity index (χ1v) is 7.30. The van der Waals surface area contributed by atoms with Crippen LogP contribution >= 0.6 is 0 Å². The normalized spacial score (nSPS) is 18.7. The van der Waals surface area contributed by atoms with Crippen molar-refractivity contribution < 1.29 is 5.11 Å². The summed E-state index contributed by atoms with van der Waals surface area (Å²) in [4.78, 5) is 0. The van der Waals surface area contributed by atoms with Gasteiger partial charge in [-0.05, 0) is 24.4 Å². The molecule has 0 amide bonds. The Hall–Kier alpha value is -0.860. The van der Waals surface area contributed by atoms with Crippen LogP contribution in [0.2, 0.25) is 0 Å². The number of rotatable bonds is 6. The van der Waals surface area contributed by atoms with Crippen LogP contribution < -0.4 is 5.32 Å². The molecule has 0 saturated heterocycles. The van der Waals surface area contributed by atoms with E-state index < -0.39 is 0 Å². The van der Waals surface area contributed by atoms with Crippen molar-refractivity contribution in [2.75, 3.05) is 13.1 Å². The maximum Gasteiger partial charge on any atom is 0.0914 e. The van der Waals surface area contributed by atoms with Crippen molar-refractivity contribution in [3.05, 3.63) is 35.9 Å². The quantitative estimate of drug-likeness (QED) is 0.756. The van der Waals surface area contributed by atoms with Crippen LogP contribution in [-0.4, -0.2) is 18.2 Å². The van der Waals surface area contributed by atoms with Gasteiger partial charge >= 0.3 is 0 Å². The van der Waals surface area contributed by atoms with E-state index in [1.54, 1.807) is 0 Å². The lowest BCUT2D eigenvalue weighted by molar-refractivity contribution is 0.173. The van der Waals surface area contributed by atoms with Crippen LogP contribution in [0.15, 0.2) is 30.3 Å². The molecule has 0 spiro atoms. The van der Waals surface area contributed by atoms with Gasteiger partial charge in [0.15, 0.2) is 0 Å². The van der Waals surface area contributed by atoms with Crippen LogP contribution in [0.4, 0.5) is 0 Å². The predicted molar refractivity (Wildman–Crippen MR) is 75.5 cm³/mol. The summed E-state index contributed by atoms with van der Waals surface area (Å²) in [6.45, 7) is 1.70. The van der Waals surface area contributed by atoms with Gasteiger partial charge in [0.25, 0.3) is 0 Å². The standard InChI is InChI=1S/C16H25NO/c18-16(15-9-5-2-6-10-15)13-17-12-11-14-7-3-1-4-8-14/h2,5-6,9-10,14,16-18H,1,3-4,7-8,11-13H2. The van der Waals surface area contributed by atoms with E-state index in [9.17, 15) is 5.11 Å². The third kappa shape index (κ3) is 4.43. The van der Waals surface area contributed by atoms with Gasteiger partial charge in [0.2, 0.25) is 0 Å². The van der Waals surface area contributed by atoms with Crippen LogP contribution in [0, 0.1) is 5.92 Å². The van der Waals surface area contributed by atoms with Gasteiger partial charge in [-0.1, -0.05) is 62.4 Å². The average Bonchev–Trinajstić information content (AvgIpc) is 2.45. The fourth-order valence-corrected chi connectivity index (χ4v) is 2.81. The van der Waals surface area contributed by atoms with Gasteiger partial charge in [-0.2, -0.15) is 0 Å². The highest BCUT2D eigenvalue weighted by Gasteiger charge is 2.13. The summed E-state index contributed by atoms with van der Waals surface area (Å²) in [6, 6.07) is 9.88. The fraction of sp³-hybridized carbons (Fsp3) is 0.625. The van der Waals surface area contributed by atoms with Gasteiger partial charge in [0, 0.05) is 6.54 Å². The van der Waals surface area contributed by atoms with E-state index in [0.29, 0.717) is 6.54 Å². The minimum Gasteiger partial charge on any atom is -0.387 e. The summed E-state index contributed by atoms with van der Waals surface area (Å²) in [6.07, 6.45) is 7.95. The molecular formula is C16H25NO. The second kappa shape index (κ2) is 7.55. The van der Waals surface area contributed by atoms with Crippen LogP contribution in [0.5, 0.6) is 0 Å². The van der Waals surface area contributed by atoms with Crippen LogP contribution in [-0.2, 0) is 0 Å². The molecule has 18 heavy (non-hydrogen) atoms. The molecule has 2 nitrogen and oxygen atoms in total. The number of aliphatic hydroxyl groups is 1. The summed E-state index contributed by atoms with van der Waals surface area (Å²) < 4.78 is 0. The first-order chi connectivity index (χ1) is 8.86. The third-order valence-electron chi connectivity index (χ3n) is 3.98. The maximum atomic E-state index is 9.99. The molecule has 0 aromatic heterocycles. The topological polar surface area (TPSA) is 32.3 Å². The molecule has 1 aliphatic carbocycles. The Balaban J connectivity index is 1.60.